The fourth-order valence-corrected chi connectivity index (χ4v) is 2.63. The van der Waals surface area contributed by atoms with Gasteiger partial charge in [0.05, 0.1) is 17.6 Å². The molecule has 1 aliphatic carbocycles. The summed E-state index contributed by atoms with van der Waals surface area (Å²) >= 11 is 0. The van der Waals surface area contributed by atoms with Gasteiger partial charge in [0.1, 0.15) is 0 Å². The van der Waals surface area contributed by atoms with Gasteiger partial charge in [0.2, 0.25) is 0 Å². The van der Waals surface area contributed by atoms with E-state index in [1.54, 1.807) is 10.9 Å². The van der Waals surface area contributed by atoms with Crippen molar-refractivity contribution in [2.24, 2.45) is 0 Å². The highest BCUT2D eigenvalue weighted by molar-refractivity contribution is 5.94. The normalized spacial score (nSPS) is 15.4. The van der Waals surface area contributed by atoms with Crippen LogP contribution in [-0.4, -0.2) is 26.9 Å². The smallest absolute Gasteiger partial charge is 0.251 e. The van der Waals surface area contributed by atoms with E-state index in [1.165, 1.54) is 12.8 Å². The monoisotopic (exact) mass is 270 g/mol. The molecular formula is C15H18N4O. The topological polar surface area (TPSA) is 59.8 Å². The van der Waals surface area contributed by atoms with Gasteiger partial charge < -0.3 is 5.32 Å². The van der Waals surface area contributed by atoms with E-state index in [-0.39, 0.29) is 5.91 Å². The van der Waals surface area contributed by atoms with Gasteiger partial charge in [-0.1, -0.05) is 18.1 Å². The number of hydrogen-bond acceptors (Lipinski definition) is 3. The van der Waals surface area contributed by atoms with Crippen molar-refractivity contribution in [3.8, 4) is 5.69 Å². The molecule has 2 aromatic rings. The number of aromatic nitrogens is 3. The van der Waals surface area contributed by atoms with E-state index in [1.807, 2.05) is 31.2 Å². The zero-order valence-electron chi connectivity index (χ0n) is 11.5. The maximum absolute atomic E-state index is 12.1. The molecule has 1 aliphatic rings. The van der Waals surface area contributed by atoms with E-state index in [0.717, 1.165) is 24.2 Å². The molecule has 1 heterocycles. The van der Waals surface area contributed by atoms with Crippen LogP contribution in [0.3, 0.4) is 0 Å². The van der Waals surface area contributed by atoms with Gasteiger partial charge in [0.15, 0.2) is 0 Å². The molecule has 3 rings (SSSR count). The molecule has 104 valence electrons. The van der Waals surface area contributed by atoms with E-state index in [4.69, 9.17) is 0 Å². The zero-order valence-corrected chi connectivity index (χ0v) is 11.5. The largest absolute Gasteiger partial charge is 0.349 e. The van der Waals surface area contributed by atoms with E-state index >= 15 is 0 Å². The Hall–Kier alpha value is -2.17. The van der Waals surface area contributed by atoms with Crippen molar-refractivity contribution >= 4 is 5.91 Å². The Bertz CT molecular complexity index is 597. The predicted molar refractivity (Wildman–Crippen MR) is 75.8 cm³/mol. The van der Waals surface area contributed by atoms with Crippen LogP contribution in [0.2, 0.25) is 0 Å². The molecule has 0 unspecified atom stereocenters. The van der Waals surface area contributed by atoms with Crippen LogP contribution >= 0.6 is 0 Å². The molecule has 1 aromatic carbocycles. The second-order valence-corrected chi connectivity index (χ2v) is 5.29. The molecular weight excluding hydrogens is 252 g/mol. The van der Waals surface area contributed by atoms with Crippen LogP contribution in [0.25, 0.3) is 5.69 Å². The first kappa shape index (κ1) is 12.8. The standard InChI is InChI=1S/C15H18N4O/c1-11-10-16-18-19(11)14-8-6-12(7-9-14)15(20)17-13-4-2-3-5-13/h6-10,13H,2-5H2,1H3,(H,17,20). The van der Waals surface area contributed by atoms with Crippen LogP contribution in [0.1, 0.15) is 41.7 Å². The minimum atomic E-state index is 0.0127. The van der Waals surface area contributed by atoms with Crippen molar-refractivity contribution in [2.45, 2.75) is 38.6 Å². The minimum Gasteiger partial charge on any atom is -0.349 e. The minimum absolute atomic E-state index is 0.0127. The van der Waals surface area contributed by atoms with Gasteiger partial charge in [-0.3, -0.25) is 4.79 Å². The Morgan fingerprint density at radius 3 is 2.55 bits per heavy atom. The van der Waals surface area contributed by atoms with Crippen molar-refractivity contribution in [3.63, 3.8) is 0 Å². The summed E-state index contributed by atoms with van der Waals surface area (Å²) in [5.74, 6) is 0.0127. The van der Waals surface area contributed by atoms with Gasteiger partial charge in [-0.25, -0.2) is 4.68 Å². The zero-order chi connectivity index (χ0) is 13.9. The number of nitrogens with one attached hydrogen (secondary N) is 1. The summed E-state index contributed by atoms with van der Waals surface area (Å²) in [4.78, 5) is 12.1. The Labute approximate surface area is 118 Å². The molecule has 5 nitrogen and oxygen atoms in total. The lowest BCUT2D eigenvalue weighted by molar-refractivity contribution is 0.0938. The first-order valence-corrected chi connectivity index (χ1v) is 7.02. The van der Waals surface area contributed by atoms with Gasteiger partial charge in [0.25, 0.3) is 5.91 Å². The van der Waals surface area contributed by atoms with Gasteiger partial charge in [0, 0.05) is 11.6 Å². The molecule has 1 fully saturated rings. The predicted octanol–water partition coefficient (Wildman–Crippen LogP) is 2.25. The highest BCUT2D eigenvalue weighted by Crippen LogP contribution is 2.18. The van der Waals surface area contributed by atoms with Crippen LogP contribution < -0.4 is 5.32 Å². The molecule has 0 aliphatic heterocycles. The number of benzene rings is 1. The van der Waals surface area contributed by atoms with Crippen molar-refractivity contribution in [3.05, 3.63) is 41.7 Å². The lowest BCUT2D eigenvalue weighted by atomic mass is 10.1. The maximum atomic E-state index is 12.1. The number of carbonyl (C=O) groups is 1. The molecule has 1 saturated carbocycles. The molecule has 0 spiro atoms. The first-order chi connectivity index (χ1) is 9.74. The van der Waals surface area contributed by atoms with Crippen LogP contribution in [-0.2, 0) is 0 Å². The number of carbonyl (C=O) groups excluding carboxylic acids is 1. The molecule has 1 amide bonds. The summed E-state index contributed by atoms with van der Waals surface area (Å²) in [7, 11) is 0. The fourth-order valence-electron chi connectivity index (χ4n) is 2.63. The van der Waals surface area contributed by atoms with Crippen LogP contribution in [0.15, 0.2) is 30.5 Å². The number of rotatable bonds is 3. The number of amides is 1. The first-order valence-electron chi connectivity index (χ1n) is 7.02. The van der Waals surface area contributed by atoms with Crippen LogP contribution in [0, 0.1) is 6.92 Å². The average Bonchev–Trinajstić information content (AvgIpc) is 3.10. The number of aryl methyl sites for hydroxylation is 1. The highest BCUT2D eigenvalue weighted by atomic mass is 16.1. The fraction of sp³-hybridized carbons (Fsp3) is 0.400. The summed E-state index contributed by atoms with van der Waals surface area (Å²) < 4.78 is 1.75. The second-order valence-electron chi connectivity index (χ2n) is 5.29. The van der Waals surface area contributed by atoms with Crippen molar-refractivity contribution in [2.75, 3.05) is 0 Å². The van der Waals surface area contributed by atoms with Crippen molar-refractivity contribution in [1.82, 2.24) is 20.3 Å². The van der Waals surface area contributed by atoms with Crippen molar-refractivity contribution < 1.29 is 4.79 Å². The molecule has 20 heavy (non-hydrogen) atoms. The Balaban J connectivity index is 1.72. The van der Waals surface area contributed by atoms with E-state index in [0.29, 0.717) is 11.6 Å². The molecule has 0 bridgehead atoms. The van der Waals surface area contributed by atoms with Crippen LogP contribution in [0.4, 0.5) is 0 Å². The lowest BCUT2D eigenvalue weighted by Gasteiger charge is -2.12. The maximum Gasteiger partial charge on any atom is 0.251 e. The van der Waals surface area contributed by atoms with Crippen LogP contribution in [0.5, 0.6) is 0 Å². The number of nitrogens with zero attached hydrogens (tertiary/aromatic N) is 3. The molecule has 1 N–H and O–H groups in total. The molecule has 0 atom stereocenters. The van der Waals surface area contributed by atoms with Gasteiger partial charge in [-0.15, -0.1) is 5.10 Å². The summed E-state index contributed by atoms with van der Waals surface area (Å²) in [5, 5.41) is 11.0. The number of hydrogen-bond donors (Lipinski definition) is 1. The van der Waals surface area contributed by atoms with E-state index < -0.39 is 0 Å². The SMILES string of the molecule is Cc1cnnn1-c1ccc(C(=O)NC2CCCC2)cc1. The van der Waals surface area contributed by atoms with Gasteiger partial charge >= 0.3 is 0 Å². The average molecular weight is 270 g/mol. The Kier molecular flexibility index (Phi) is 3.50. The summed E-state index contributed by atoms with van der Waals surface area (Å²) in [6, 6.07) is 7.80. The Morgan fingerprint density at radius 1 is 1.25 bits per heavy atom. The second kappa shape index (κ2) is 5.45. The van der Waals surface area contributed by atoms with E-state index in [2.05, 4.69) is 15.6 Å². The van der Waals surface area contributed by atoms with Gasteiger partial charge in [-0.05, 0) is 44.0 Å². The third-order valence-electron chi connectivity index (χ3n) is 3.78. The van der Waals surface area contributed by atoms with Crippen molar-refractivity contribution in [1.29, 1.82) is 0 Å². The van der Waals surface area contributed by atoms with Gasteiger partial charge in [-0.2, -0.15) is 0 Å². The molecule has 5 heteroatoms. The molecule has 1 aromatic heterocycles. The summed E-state index contributed by atoms with van der Waals surface area (Å²) in [6.45, 7) is 1.95. The third kappa shape index (κ3) is 2.57. The molecule has 0 radical (unpaired) electrons. The quantitative estimate of drug-likeness (QED) is 0.930. The third-order valence-corrected chi connectivity index (χ3v) is 3.78. The lowest BCUT2D eigenvalue weighted by Crippen LogP contribution is -2.32. The van der Waals surface area contributed by atoms with E-state index in [9.17, 15) is 4.79 Å². The summed E-state index contributed by atoms with van der Waals surface area (Å²) in [5.41, 5.74) is 2.57. The Morgan fingerprint density at radius 2 is 1.95 bits per heavy atom. The highest BCUT2D eigenvalue weighted by Gasteiger charge is 2.17. The summed E-state index contributed by atoms with van der Waals surface area (Å²) in [6.07, 6.45) is 6.34. The molecule has 0 saturated heterocycles.